The summed E-state index contributed by atoms with van der Waals surface area (Å²) in [7, 11) is 0. The highest BCUT2D eigenvalue weighted by atomic mass is 32.2. The summed E-state index contributed by atoms with van der Waals surface area (Å²) in [5.41, 5.74) is 1.79. The van der Waals surface area contributed by atoms with E-state index in [1.807, 2.05) is 37.3 Å². The summed E-state index contributed by atoms with van der Waals surface area (Å²) in [5, 5.41) is 8.85. The summed E-state index contributed by atoms with van der Waals surface area (Å²) in [6.07, 6.45) is 3.49. The molecule has 0 aromatic heterocycles. The molecular weight excluding hydrogens is 334 g/mol. The summed E-state index contributed by atoms with van der Waals surface area (Å²) in [6, 6.07) is 7.65. The minimum atomic E-state index is -1.09. The third kappa shape index (κ3) is 3.16. The van der Waals surface area contributed by atoms with E-state index in [0.717, 1.165) is 33.5 Å². The monoisotopic (exact) mass is 347 g/mol. The van der Waals surface area contributed by atoms with Crippen LogP contribution < -0.4 is 4.74 Å². The minimum Gasteiger partial charge on any atom is -0.485 e. The van der Waals surface area contributed by atoms with E-state index in [0.29, 0.717) is 4.91 Å². The molecule has 1 saturated heterocycles. The fourth-order valence-electron chi connectivity index (χ4n) is 2.34. The van der Waals surface area contributed by atoms with Gasteiger partial charge < -0.3 is 9.84 Å². The van der Waals surface area contributed by atoms with Crippen LogP contribution in [0.3, 0.4) is 0 Å². The Morgan fingerprint density at radius 3 is 2.96 bits per heavy atom. The zero-order chi connectivity index (χ0) is 16.6. The number of aliphatic carboxylic acids is 1. The summed E-state index contributed by atoms with van der Waals surface area (Å²) < 4.78 is 6.09. The highest BCUT2D eigenvalue weighted by Crippen LogP contribution is 2.35. The fourth-order valence-corrected chi connectivity index (χ4v) is 3.60. The molecule has 0 radical (unpaired) electrons. The van der Waals surface area contributed by atoms with Gasteiger partial charge in [-0.2, -0.15) is 0 Å². The van der Waals surface area contributed by atoms with Crippen LogP contribution in [-0.2, 0) is 9.59 Å². The van der Waals surface area contributed by atoms with Gasteiger partial charge in [-0.3, -0.25) is 14.5 Å². The van der Waals surface area contributed by atoms with Gasteiger partial charge in [-0.1, -0.05) is 42.2 Å². The van der Waals surface area contributed by atoms with Crippen LogP contribution in [0.15, 0.2) is 40.8 Å². The second-order valence-electron chi connectivity index (χ2n) is 5.10. The van der Waals surface area contributed by atoms with E-state index >= 15 is 0 Å². The Bertz CT molecular complexity index is 769. The summed E-state index contributed by atoms with van der Waals surface area (Å²) >= 11 is 6.20. The summed E-state index contributed by atoms with van der Waals surface area (Å²) in [4.78, 5) is 24.6. The van der Waals surface area contributed by atoms with E-state index in [2.05, 4.69) is 0 Å². The maximum Gasteiger partial charge on any atom is 0.323 e. The van der Waals surface area contributed by atoms with Gasteiger partial charge in [0.05, 0.1) is 4.91 Å². The zero-order valence-electron chi connectivity index (χ0n) is 12.2. The molecule has 1 atom stereocenters. The molecule has 1 unspecified atom stereocenters. The molecule has 3 rings (SSSR count). The van der Waals surface area contributed by atoms with Crippen molar-refractivity contribution in [2.75, 3.05) is 6.54 Å². The number of ether oxygens (including phenoxy) is 1. The molecule has 2 heterocycles. The van der Waals surface area contributed by atoms with Crippen LogP contribution >= 0.6 is 24.0 Å². The number of nitrogens with zero attached hydrogens (tertiary/aromatic N) is 1. The van der Waals surface area contributed by atoms with Gasteiger partial charge in [0.2, 0.25) is 0 Å². The first-order valence-corrected chi connectivity index (χ1v) is 8.12. The number of thiocarbonyl (C=S) groups is 1. The Labute approximate surface area is 142 Å². The van der Waals surface area contributed by atoms with Crippen LogP contribution in [0.2, 0.25) is 0 Å². The molecule has 2 aliphatic heterocycles. The Hall–Kier alpha value is -2.12. The average molecular weight is 347 g/mol. The van der Waals surface area contributed by atoms with Gasteiger partial charge in [0.25, 0.3) is 5.91 Å². The third-order valence-corrected chi connectivity index (χ3v) is 4.86. The summed E-state index contributed by atoms with van der Waals surface area (Å²) in [5.74, 6) is -0.671. The molecule has 1 N–H and O–H groups in total. The van der Waals surface area contributed by atoms with E-state index in [1.54, 1.807) is 6.08 Å². The molecule has 1 amide bonds. The maximum absolute atomic E-state index is 12.3. The second-order valence-corrected chi connectivity index (χ2v) is 6.78. The molecule has 0 aliphatic carbocycles. The molecule has 0 spiro atoms. The topological polar surface area (TPSA) is 66.8 Å². The lowest BCUT2D eigenvalue weighted by Gasteiger charge is -2.23. The van der Waals surface area contributed by atoms with Crippen molar-refractivity contribution in [3.63, 3.8) is 0 Å². The van der Waals surface area contributed by atoms with Crippen LogP contribution in [0.1, 0.15) is 12.5 Å². The number of benzene rings is 1. The largest absolute Gasteiger partial charge is 0.485 e. The van der Waals surface area contributed by atoms with Crippen molar-refractivity contribution < 1.29 is 19.4 Å². The van der Waals surface area contributed by atoms with Gasteiger partial charge >= 0.3 is 5.97 Å². The molecule has 23 heavy (non-hydrogen) atoms. The van der Waals surface area contributed by atoms with Crippen molar-refractivity contribution in [1.82, 2.24) is 4.90 Å². The number of rotatable bonds is 3. The predicted molar refractivity (Wildman–Crippen MR) is 92.1 cm³/mol. The number of hydrogen-bond donors (Lipinski definition) is 1. The van der Waals surface area contributed by atoms with Crippen molar-refractivity contribution >= 4 is 46.3 Å². The summed E-state index contributed by atoms with van der Waals surface area (Å²) in [6.45, 7) is 1.48. The molecule has 7 heteroatoms. The Balaban J connectivity index is 1.90. The number of hydrogen-bond acceptors (Lipinski definition) is 5. The SMILES string of the molecule is CC1Oc2ccccc2C=C1/C=C1\SC(=S)N(CC(=O)O)C1=O. The van der Waals surface area contributed by atoms with E-state index in [1.165, 1.54) is 0 Å². The van der Waals surface area contributed by atoms with Gasteiger partial charge in [0.1, 0.15) is 22.7 Å². The predicted octanol–water partition coefficient (Wildman–Crippen LogP) is 2.68. The average Bonchev–Trinajstić information content (AvgIpc) is 2.75. The number of carboxylic acid groups (broad SMARTS) is 1. The number of thioether (sulfide) groups is 1. The van der Waals surface area contributed by atoms with Crippen LogP contribution in [-0.4, -0.2) is 38.9 Å². The second kappa shape index (κ2) is 6.17. The minimum absolute atomic E-state index is 0.201. The normalized spacial score (nSPS) is 22.0. The lowest BCUT2D eigenvalue weighted by molar-refractivity contribution is -0.140. The molecule has 5 nitrogen and oxygen atoms in total. The first-order valence-electron chi connectivity index (χ1n) is 6.90. The van der Waals surface area contributed by atoms with Crippen molar-refractivity contribution in [1.29, 1.82) is 0 Å². The van der Waals surface area contributed by atoms with Crippen LogP contribution in [0.4, 0.5) is 0 Å². The molecule has 0 bridgehead atoms. The first kappa shape index (κ1) is 15.8. The smallest absolute Gasteiger partial charge is 0.323 e. The van der Waals surface area contributed by atoms with Gasteiger partial charge in [0, 0.05) is 5.56 Å². The van der Waals surface area contributed by atoms with Crippen LogP contribution in [0.25, 0.3) is 6.08 Å². The quantitative estimate of drug-likeness (QED) is 0.670. The van der Waals surface area contributed by atoms with Crippen molar-refractivity contribution in [3.8, 4) is 5.75 Å². The van der Waals surface area contributed by atoms with Crippen LogP contribution in [0, 0.1) is 0 Å². The Morgan fingerprint density at radius 2 is 2.22 bits per heavy atom. The van der Waals surface area contributed by atoms with Gasteiger partial charge in [-0.15, -0.1) is 0 Å². The van der Waals surface area contributed by atoms with Gasteiger partial charge in [-0.25, -0.2) is 0 Å². The van der Waals surface area contributed by atoms with Crippen LogP contribution in [0.5, 0.6) is 5.75 Å². The Kier molecular flexibility index (Phi) is 4.23. The molecule has 1 aromatic carbocycles. The fraction of sp³-hybridized carbons (Fsp3) is 0.188. The van der Waals surface area contributed by atoms with Crippen molar-refractivity contribution in [3.05, 3.63) is 46.4 Å². The molecule has 2 aliphatic rings. The third-order valence-electron chi connectivity index (χ3n) is 3.48. The van der Waals surface area contributed by atoms with Gasteiger partial charge in [0.15, 0.2) is 0 Å². The van der Waals surface area contributed by atoms with E-state index in [-0.39, 0.29) is 16.3 Å². The van der Waals surface area contributed by atoms with Crippen molar-refractivity contribution in [2.45, 2.75) is 13.0 Å². The maximum atomic E-state index is 12.3. The lowest BCUT2D eigenvalue weighted by Crippen LogP contribution is -2.33. The highest BCUT2D eigenvalue weighted by molar-refractivity contribution is 8.26. The number of fused-ring (bicyclic) bond motifs is 1. The highest BCUT2D eigenvalue weighted by Gasteiger charge is 2.34. The van der Waals surface area contributed by atoms with E-state index < -0.39 is 12.5 Å². The molecule has 1 aromatic rings. The first-order chi connectivity index (χ1) is 11.0. The molecular formula is C16H13NO4S2. The van der Waals surface area contributed by atoms with Crippen molar-refractivity contribution in [2.24, 2.45) is 0 Å². The number of para-hydroxylation sites is 1. The lowest BCUT2D eigenvalue weighted by atomic mass is 10.0. The Morgan fingerprint density at radius 1 is 1.48 bits per heavy atom. The molecule has 118 valence electrons. The van der Waals surface area contributed by atoms with E-state index in [9.17, 15) is 9.59 Å². The zero-order valence-corrected chi connectivity index (χ0v) is 13.8. The number of carbonyl (C=O) groups excluding carboxylic acids is 1. The standard InChI is InChI=1S/C16H13NO4S2/c1-9-11(6-10-4-2-3-5-12(10)21-9)7-13-15(20)17(8-14(18)19)16(22)23-13/h2-7,9H,8H2,1H3,(H,18,19)/b13-7-. The van der Waals surface area contributed by atoms with Gasteiger partial charge in [-0.05, 0) is 30.7 Å². The number of amides is 1. The van der Waals surface area contributed by atoms with E-state index in [4.69, 9.17) is 22.1 Å². The number of carboxylic acids is 1. The molecule has 1 fully saturated rings. The molecule has 0 saturated carbocycles. The number of carbonyl (C=O) groups is 2.